The summed E-state index contributed by atoms with van der Waals surface area (Å²) in [6.45, 7) is 2.68. The van der Waals surface area contributed by atoms with Gasteiger partial charge in [0, 0.05) is 13.2 Å². The molecule has 0 radical (unpaired) electrons. The number of hydrogen-bond acceptors (Lipinski definition) is 5. The molecule has 1 aromatic heterocycles. The third kappa shape index (κ3) is 4.27. The molecule has 1 saturated carbocycles. The van der Waals surface area contributed by atoms with Gasteiger partial charge in [-0.05, 0) is 31.9 Å². The number of nitrogens with one attached hydrogen (secondary N) is 1. The Bertz CT molecular complexity index is 830. The van der Waals surface area contributed by atoms with Crippen LogP contribution < -0.4 is 10.9 Å². The van der Waals surface area contributed by atoms with Crippen molar-refractivity contribution < 1.29 is 9.53 Å². The van der Waals surface area contributed by atoms with Crippen molar-refractivity contribution in [3.8, 4) is 0 Å². The number of para-hydroxylation sites is 1. The molecule has 1 amide bonds. The maximum Gasteiger partial charge on any atom is 0.262 e. The summed E-state index contributed by atoms with van der Waals surface area (Å²) in [5.74, 6) is 0.00241. The second-order valence-electron chi connectivity index (χ2n) is 6.61. The van der Waals surface area contributed by atoms with E-state index < -0.39 is 0 Å². The van der Waals surface area contributed by atoms with E-state index in [0.29, 0.717) is 29.2 Å². The maximum atomic E-state index is 12.8. The Kier molecular flexibility index (Phi) is 6.32. The first-order valence-electron chi connectivity index (χ1n) is 9.05. The fourth-order valence-corrected chi connectivity index (χ4v) is 4.16. The summed E-state index contributed by atoms with van der Waals surface area (Å²) in [4.78, 5) is 30.0. The van der Waals surface area contributed by atoms with Crippen LogP contribution in [-0.2, 0) is 16.1 Å². The van der Waals surface area contributed by atoms with Crippen LogP contribution in [0.1, 0.15) is 32.6 Å². The molecule has 1 aromatic carbocycles. The Hall–Kier alpha value is -1.86. The second-order valence-corrected chi connectivity index (χ2v) is 7.92. The highest BCUT2D eigenvalue weighted by atomic mass is 32.2. The average molecular weight is 375 g/mol. The summed E-state index contributed by atoms with van der Waals surface area (Å²) in [7, 11) is 1.60. The number of rotatable bonds is 7. The fourth-order valence-electron chi connectivity index (χ4n) is 3.22. The molecule has 0 spiro atoms. The van der Waals surface area contributed by atoms with Gasteiger partial charge in [0.05, 0.1) is 29.3 Å². The number of benzene rings is 1. The molecule has 1 aliphatic rings. The van der Waals surface area contributed by atoms with Gasteiger partial charge in [-0.3, -0.25) is 14.2 Å². The largest absolute Gasteiger partial charge is 0.383 e. The molecular formula is C19H25N3O3S. The number of aromatic nitrogens is 2. The van der Waals surface area contributed by atoms with Crippen LogP contribution in [0.5, 0.6) is 0 Å². The van der Waals surface area contributed by atoms with Crippen molar-refractivity contribution in [2.75, 3.05) is 13.7 Å². The van der Waals surface area contributed by atoms with Crippen LogP contribution in [0.25, 0.3) is 10.9 Å². The van der Waals surface area contributed by atoms with Gasteiger partial charge in [0.1, 0.15) is 0 Å². The van der Waals surface area contributed by atoms with Gasteiger partial charge in [-0.15, -0.1) is 0 Å². The number of hydrogen-bond donors (Lipinski definition) is 1. The van der Waals surface area contributed by atoms with Gasteiger partial charge in [0.25, 0.3) is 5.56 Å². The monoisotopic (exact) mass is 375 g/mol. The van der Waals surface area contributed by atoms with Crippen LogP contribution in [0.3, 0.4) is 0 Å². The predicted molar refractivity (Wildman–Crippen MR) is 104 cm³/mol. The normalized spacial score (nSPS) is 16.1. The van der Waals surface area contributed by atoms with Crippen LogP contribution in [-0.4, -0.2) is 40.5 Å². The molecule has 26 heavy (non-hydrogen) atoms. The quantitative estimate of drug-likeness (QED) is 0.595. The highest BCUT2D eigenvalue weighted by Gasteiger charge is 2.23. The molecule has 140 valence electrons. The lowest BCUT2D eigenvalue weighted by molar-refractivity contribution is -0.120. The van der Waals surface area contributed by atoms with Gasteiger partial charge in [0.15, 0.2) is 5.16 Å². The first kappa shape index (κ1) is 18.9. The number of carbonyl (C=O) groups excluding carboxylic acids is 1. The highest BCUT2D eigenvalue weighted by molar-refractivity contribution is 8.00. The molecule has 1 fully saturated rings. The summed E-state index contributed by atoms with van der Waals surface area (Å²) in [5.41, 5.74) is 0.551. The number of nitrogens with zero attached hydrogens (tertiary/aromatic N) is 2. The van der Waals surface area contributed by atoms with Crippen molar-refractivity contribution in [3.05, 3.63) is 34.6 Å². The minimum Gasteiger partial charge on any atom is -0.383 e. The molecule has 0 bridgehead atoms. The summed E-state index contributed by atoms with van der Waals surface area (Å²) >= 11 is 1.33. The number of methoxy groups -OCH3 is 1. The van der Waals surface area contributed by atoms with Gasteiger partial charge in [-0.1, -0.05) is 36.7 Å². The van der Waals surface area contributed by atoms with Gasteiger partial charge >= 0.3 is 0 Å². The Morgan fingerprint density at radius 1 is 1.38 bits per heavy atom. The summed E-state index contributed by atoms with van der Waals surface area (Å²) in [6.07, 6.45) is 4.45. The molecular weight excluding hydrogens is 350 g/mol. The topological polar surface area (TPSA) is 73.2 Å². The SMILES string of the molecule is COCCn1c(S[C@H](C)C(=O)NC2CCCC2)nc2ccccc2c1=O. The van der Waals surface area contributed by atoms with Crippen molar-refractivity contribution >= 4 is 28.6 Å². The first-order chi connectivity index (χ1) is 12.6. The van der Waals surface area contributed by atoms with Gasteiger partial charge in [0.2, 0.25) is 5.91 Å². The molecule has 1 aliphatic carbocycles. The Morgan fingerprint density at radius 3 is 2.85 bits per heavy atom. The third-order valence-corrected chi connectivity index (χ3v) is 5.79. The van der Waals surface area contributed by atoms with Crippen LogP contribution >= 0.6 is 11.8 Å². The van der Waals surface area contributed by atoms with E-state index in [1.807, 2.05) is 25.1 Å². The highest BCUT2D eigenvalue weighted by Crippen LogP contribution is 2.24. The Balaban J connectivity index is 1.84. The molecule has 0 unspecified atom stereocenters. The van der Waals surface area contributed by atoms with E-state index in [1.165, 1.54) is 24.6 Å². The molecule has 1 heterocycles. The van der Waals surface area contributed by atoms with Crippen LogP contribution in [0.15, 0.2) is 34.2 Å². The molecule has 3 rings (SSSR count). The lowest BCUT2D eigenvalue weighted by Crippen LogP contribution is -2.38. The summed E-state index contributed by atoms with van der Waals surface area (Å²) in [6, 6.07) is 7.57. The molecule has 0 saturated heterocycles. The minimum atomic E-state index is -0.322. The first-order valence-corrected chi connectivity index (χ1v) is 9.93. The van der Waals surface area contributed by atoms with E-state index in [1.54, 1.807) is 17.7 Å². The number of amides is 1. The minimum absolute atomic E-state index is 0.00241. The van der Waals surface area contributed by atoms with E-state index in [-0.39, 0.29) is 22.8 Å². The van der Waals surface area contributed by atoms with E-state index in [2.05, 4.69) is 10.3 Å². The summed E-state index contributed by atoms with van der Waals surface area (Å²) < 4.78 is 6.74. The fraction of sp³-hybridized carbons (Fsp3) is 0.526. The van der Waals surface area contributed by atoms with Crippen LogP contribution in [0.2, 0.25) is 0 Å². The smallest absolute Gasteiger partial charge is 0.262 e. The zero-order chi connectivity index (χ0) is 18.5. The Morgan fingerprint density at radius 2 is 2.12 bits per heavy atom. The molecule has 2 aromatic rings. The molecule has 0 aliphatic heterocycles. The van der Waals surface area contributed by atoms with Crippen molar-refractivity contribution in [2.45, 2.75) is 55.6 Å². The van der Waals surface area contributed by atoms with E-state index >= 15 is 0 Å². The predicted octanol–water partition coefficient (Wildman–Crippen LogP) is 2.58. The average Bonchev–Trinajstić information content (AvgIpc) is 3.14. The zero-order valence-electron chi connectivity index (χ0n) is 15.2. The van der Waals surface area contributed by atoms with Crippen LogP contribution in [0, 0.1) is 0 Å². The summed E-state index contributed by atoms with van der Waals surface area (Å²) in [5, 5.41) is 3.93. The lowest BCUT2D eigenvalue weighted by atomic mass is 10.2. The lowest BCUT2D eigenvalue weighted by Gasteiger charge is -2.18. The van der Waals surface area contributed by atoms with Crippen molar-refractivity contribution in [2.24, 2.45) is 0 Å². The van der Waals surface area contributed by atoms with E-state index in [0.717, 1.165) is 12.8 Å². The molecule has 1 atom stereocenters. The Labute approximate surface area is 157 Å². The van der Waals surface area contributed by atoms with Crippen molar-refractivity contribution in [3.63, 3.8) is 0 Å². The number of ether oxygens (including phenoxy) is 1. The number of carbonyl (C=O) groups is 1. The van der Waals surface area contributed by atoms with Crippen molar-refractivity contribution in [1.82, 2.24) is 14.9 Å². The number of fused-ring (bicyclic) bond motifs is 1. The van der Waals surface area contributed by atoms with Gasteiger partial charge in [-0.2, -0.15) is 0 Å². The number of thioether (sulfide) groups is 1. The van der Waals surface area contributed by atoms with E-state index in [9.17, 15) is 9.59 Å². The van der Waals surface area contributed by atoms with Gasteiger partial charge in [-0.25, -0.2) is 4.98 Å². The maximum absolute atomic E-state index is 12.8. The molecule has 1 N–H and O–H groups in total. The van der Waals surface area contributed by atoms with Crippen molar-refractivity contribution in [1.29, 1.82) is 0 Å². The zero-order valence-corrected chi connectivity index (χ0v) is 16.1. The standard InChI is InChI=1S/C19H25N3O3S/c1-13(17(23)20-14-7-3-4-8-14)26-19-21-16-10-6-5-9-15(16)18(24)22(19)11-12-25-2/h5-6,9-10,13-14H,3-4,7-8,11-12H2,1-2H3,(H,20,23)/t13-/m1/s1. The molecule has 7 heteroatoms. The van der Waals surface area contributed by atoms with Crippen LogP contribution in [0.4, 0.5) is 0 Å². The van der Waals surface area contributed by atoms with Gasteiger partial charge < -0.3 is 10.1 Å². The van der Waals surface area contributed by atoms with E-state index in [4.69, 9.17) is 4.74 Å². The second kappa shape index (κ2) is 8.68. The third-order valence-electron chi connectivity index (χ3n) is 4.70. The molecule has 6 nitrogen and oxygen atoms in total.